The molecule has 5 heteroatoms. The first-order valence-corrected chi connectivity index (χ1v) is 11.0. The van der Waals surface area contributed by atoms with Crippen LogP contribution in [-0.2, 0) is 24.0 Å². The summed E-state index contributed by atoms with van der Waals surface area (Å²) in [5.41, 5.74) is 11.1. The third kappa shape index (κ3) is 6.05. The molecule has 1 heterocycles. The molecule has 3 N–H and O–H groups in total. The van der Waals surface area contributed by atoms with Crippen LogP contribution in [0.3, 0.4) is 0 Å². The lowest BCUT2D eigenvalue weighted by Gasteiger charge is -2.20. The van der Waals surface area contributed by atoms with Crippen LogP contribution in [0.15, 0.2) is 48.5 Å². The Balaban J connectivity index is 1.83. The third-order valence-electron chi connectivity index (χ3n) is 4.97. The molecule has 2 aromatic carbocycles. The number of nitrogens with two attached hydrogens (primary N) is 1. The van der Waals surface area contributed by atoms with Gasteiger partial charge in [-0.25, -0.2) is 9.78 Å². The number of esters is 1. The first-order chi connectivity index (χ1) is 14.8. The SMILES string of the molecule is CCCc1nc(CCN)c(Cc2ccc(-c3ccccc3C(=O)OC(C)(C)C)cc2)[nH]1. The van der Waals surface area contributed by atoms with Crippen molar-refractivity contribution >= 4 is 5.97 Å². The Bertz CT molecular complexity index is 1010. The van der Waals surface area contributed by atoms with Crippen LogP contribution >= 0.6 is 0 Å². The molecule has 0 radical (unpaired) electrons. The van der Waals surface area contributed by atoms with Crippen molar-refractivity contribution in [3.8, 4) is 11.1 Å². The number of rotatable bonds is 8. The van der Waals surface area contributed by atoms with Crippen molar-refractivity contribution in [1.29, 1.82) is 0 Å². The number of hydrogen-bond donors (Lipinski definition) is 2. The van der Waals surface area contributed by atoms with Crippen LogP contribution in [0.25, 0.3) is 11.1 Å². The highest BCUT2D eigenvalue weighted by molar-refractivity contribution is 5.97. The Morgan fingerprint density at radius 2 is 1.77 bits per heavy atom. The molecule has 164 valence electrons. The molecule has 0 fully saturated rings. The maximum absolute atomic E-state index is 12.7. The first-order valence-electron chi connectivity index (χ1n) is 11.0. The summed E-state index contributed by atoms with van der Waals surface area (Å²) in [5.74, 6) is 0.725. The lowest BCUT2D eigenvalue weighted by Crippen LogP contribution is -2.24. The van der Waals surface area contributed by atoms with Crippen molar-refractivity contribution in [1.82, 2.24) is 9.97 Å². The zero-order valence-electron chi connectivity index (χ0n) is 19.0. The van der Waals surface area contributed by atoms with Crippen LogP contribution in [0, 0.1) is 0 Å². The van der Waals surface area contributed by atoms with Gasteiger partial charge in [0, 0.05) is 25.0 Å². The minimum absolute atomic E-state index is 0.306. The van der Waals surface area contributed by atoms with E-state index in [9.17, 15) is 4.79 Å². The van der Waals surface area contributed by atoms with Gasteiger partial charge in [-0.3, -0.25) is 0 Å². The van der Waals surface area contributed by atoms with E-state index in [0.29, 0.717) is 12.1 Å². The largest absolute Gasteiger partial charge is 0.456 e. The molecule has 3 aromatic rings. The maximum atomic E-state index is 12.7. The summed E-state index contributed by atoms with van der Waals surface area (Å²) in [4.78, 5) is 20.9. The van der Waals surface area contributed by atoms with Crippen LogP contribution in [-0.4, -0.2) is 28.1 Å². The van der Waals surface area contributed by atoms with Crippen molar-refractivity contribution in [3.63, 3.8) is 0 Å². The van der Waals surface area contributed by atoms with Crippen molar-refractivity contribution in [2.75, 3.05) is 6.54 Å². The van der Waals surface area contributed by atoms with Gasteiger partial charge in [0.15, 0.2) is 0 Å². The van der Waals surface area contributed by atoms with Gasteiger partial charge in [0.05, 0.1) is 11.3 Å². The number of nitrogens with one attached hydrogen (secondary N) is 1. The van der Waals surface area contributed by atoms with Gasteiger partial charge in [-0.15, -0.1) is 0 Å². The van der Waals surface area contributed by atoms with E-state index in [1.807, 2.05) is 45.0 Å². The first kappa shape index (κ1) is 22.8. The molecule has 0 amide bonds. The van der Waals surface area contributed by atoms with Crippen LogP contribution < -0.4 is 5.73 Å². The summed E-state index contributed by atoms with van der Waals surface area (Å²) in [7, 11) is 0. The van der Waals surface area contributed by atoms with Gasteiger partial charge in [-0.2, -0.15) is 0 Å². The molecular weight excluding hydrogens is 386 g/mol. The summed E-state index contributed by atoms with van der Waals surface area (Å²) in [6.07, 6.45) is 3.55. The second-order valence-electron chi connectivity index (χ2n) is 8.82. The van der Waals surface area contributed by atoms with E-state index in [1.165, 1.54) is 5.56 Å². The monoisotopic (exact) mass is 419 g/mol. The fourth-order valence-electron chi connectivity index (χ4n) is 3.60. The number of nitrogens with zero attached hydrogens (tertiary/aromatic N) is 1. The number of carbonyl (C=O) groups excluding carboxylic acids is 1. The molecule has 0 spiro atoms. The molecule has 0 aliphatic carbocycles. The molecule has 0 unspecified atom stereocenters. The Morgan fingerprint density at radius 1 is 1.06 bits per heavy atom. The van der Waals surface area contributed by atoms with E-state index in [2.05, 4.69) is 36.2 Å². The van der Waals surface area contributed by atoms with E-state index in [1.54, 1.807) is 0 Å². The number of ether oxygens (including phenoxy) is 1. The van der Waals surface area contributed by atoms with Crippen LogP contribution in [0.1, 0.15) is 67.2 Å². The molecule has 0 saturated carbocycles. The molecule has 0 atom stereocenters. The molecule has 0 aliphatic rings. The van der Waals surface area contributed by atoms with E-state index >= 15 is 0 Å². The van der Waals surface area contributed by atoms with E-state index < -0.39 is 5.60 Å². The van der Waals surface area contributed by atoms with E-state index in [0.717, 1.165) is 54.0 Å². The van der Waals surface area contributed by atoms with Crippen molar-refractivity contribution < 1.29 is 9.53 Å². The highest BCUT2D eigenvalue weighted by atomic mass is 16.6. The third-order valence-corrected chi connectivity index (χ3v) is 4.97. The van der Waals surface area contributed by atoms with E-state index in [4.69, 9.17) is 15.5 Å². The maximum Gasteiger partial charge on any atom is 0.339 e. The van der Waals surface area contributed by atoms with E-state index in [-0.39, 0.29) is 5.97 Å². The van der Waals surface area contributed by atoms with Crippen LogP contribution in [0.2, 0.25) is 0 Å². The summed E-state index contributed by atoms with van der Waals surface area (Å²) >= 11 is 0. The quantitative estimate of drug-likeness (QED) is 0.499. The zero-order chi connectivity index (χ0) is 22.4. The van der Waals surface area contributed by atoms with Crippen molar-refractivity contribution in [2.45, 2.75) is 59.0 Å². The van der Waals surface area contributed by atoms with Gasteiger partial charge in [0.25, 0.3) is 0 Å². The standard InChI is InChI=1S/C26H33N3O2/c1-5-8-24-28-22(15-16-27)23(29-24)17-18-11-13-19(14-12-18)20-9-6-7-10-21(20)25(30)31-26(2,3)4/h6-7,9-14H,5,8,15-17,27H2,1-4H3,(H,28,29). The number of H-pyrrole nitrogens is 1. The molecule has 3 rings (SSSR count). The predicted octanol–water partition coefficient (Wildman–Crippen LogP) is 5.08. The predicted molar refractivity (Wildman–Crippen MR) is 125 cm³/mol. The second-order valence-corrected chi connectivity index (χ2v) is 8.82. The summed E-state index contributed by atoms with van der Waals surface area (Å²) in [6, 6.07) is 15.9. The highest BCUT2D eigenvalue weighted by Crippen LogP contribution is 2.26. The molecule has 5 nitrogen and oxygen atoms in total. The van der Waals surface area contributed by atoms with Gasteiger partial charge < -0.3 is 15.5 Å². The fraction of sp³-hybridized carbons (Fsp3) is 0.385. The highest BCUT2D eigenvalue weighted by Gasteiger charge is 2.20. The average Bonchev–Trinajstić information content (AvgIpc) is 3.09. The number of carbonyl (C=O) groups is 1. The smallest absolute Gasteiger partial charge is 0.339 e. The number of imidazole rings is 1. The Labute approximate surface area is 185 Å². The Kier molecular flexibility index (Phi) is 7.29. The number of benzene rings is 2. The molecular formula is C26H33N3O2. The fourth-order valence-corrected chi connectivity index (χ4v) is 3.60. The molecule has 0 saturated heterocycles. The minimum atomic E-state index is -0.532. The van der Waals surface area contributed by atoms with Gasteiger partial charge in [0.2, 0.25) is 0 Å². The summed E-state index contributed by atoms with van der Waals surface area (Å²) in [5, 5.41) is 0. The molecule has 0 bridgehead atoms. The van der Waals surface area contributed by atoms with Gasteiger partial charge in [0.1, 0.15) is 11.4 Å². The number of hydrogen-bond acceptors (Lipinski definition) is 4. The number of aromatic nitrogens is 2. The van der Waals surface area contributed by atoms with Gasteiger partial charge >= 0.3 is 5.97 Å². The lowest BCUT2D eigenvalue weighted by molar-refractivity contribution is 0.00704. The lowest BCUT2D eigenvalue weighted by atomic mass is 9.97. The van der Waals surface area contributed by atoms with Crippen molar-refractivity contribution in [2.24, 2.45) is 5.73 Å². The van der Waals surface area contributed by atoms with Crippen LogP contribution in [0.4, 0.5) is 0 Å². The Hall–Kier alpha value is -2.92. The minimum Gasteiger partial charge on any atom is -0.456 e. The molecule has 0 aliphatic heterocycles. The normalized spacial score (nSPS) is 11.5. The second kappa shape index (κ2) is 9.92. The number of aromatic amines is 1. The van der Waals surface area contributed by atoms with Gasteiger partial charge in [-0.05, 0) is 56.5 Å². The topological polar surface area (TPSA) is 81.0 Å². The summed E-state index contributed by atoms with van der Waals surface area (Å²) in [6.45, 7) is 8.37. The van der Waals surface area contributed by atoms with Crippen molar-refractivity contribution in [3.05, 3.63) is 76.9 Å². The summed E-state index contributed by atoms with van der Waals surface area (Å²) < 4.78 is 5.59. The average molecular weight is 420 g/mol. The molecule has 31 heavy (non-hydrogen) atoms. The van der Waals surface area contributed by atoms with Crippen LogP contribution in [0.5, 0.6) is 0 Å². The molecule has 1 aromatic heterocycles. The Morgan fingerprint density at radius 3 is 2.42 bits per heavy atom. The zero-order valence-corrected chi connectivity index (χ0v) is 19.0. The van der Waals surface area contributed by atoms with Gasteiger partial charge in [-0.1, -0.05) is 49.4 Å². The number of aryl methyl sites for hydroxylation is 1.